The van der Waals surface area contributed by atoms with Crippen molar-refractivity contribution in [3.8, 4) is 0 Å². The number of hydrogen-bond donors (Lipinski definition) is 1. The Morgan fingerprint density at radius 3 is 2.56 bits per heavy atom. The quantitative estimate of drug-likeness (QED) is 0.295. The Morgan fingerprint density at radius 2 is 2.00 bits per heavy atom. The highest BCUT2D eigenvalue weighted by molar-refractivity contribution is 6.48. The van der Waals surface area contributed by atoms with Crippen LogP contribution in [0.25, 0.3) is 4.85 Å². The molecule has 1 aromatic heterocycles. The summed E-state index contributed by atoms with van der Waals surface area (Å²) in [5, 5.41) is 7.55. The number of benzene rings is 1. The van der Waals surface area contributed by atoms with E-state index in [0.717, 1.165) is 0 Å². The van der Waals surface area contributed by atoms with Gasteiger partial charge in [0.15, 0.2) is 5.78 Å². The van der Waals surface area contributed by atoms with Crippen molar-refractivity contribution in [1.29, 1.82) is 0 Å². The molecule has 1 heterocycles. The predicted octanol–water partition coefficient (Wildman–Crippen LogP) is 3.70. The van der Waals surface area contributed by atoms with Gasteiger partial charge in [0.25, 0.3) is 0 Å². The monoisotopic (exact) mass is 338 g/mol. The number of Topliss-reactive ketones (excluding diaryl/α,β-unsaturated/α-hetero) is 2. The number of nitrogens with zero attached hydrogens (tertiary/aromatic N) is 3. The van der Waals surface area contributed by atoms with Crippen LogP contribution in [0.1, 0.15) is 54.3 Å². The van der Waals surface area contributed by atoms with E-state index < -0.39 is 5.78 Å². The lowest BCUT2D eigenvalue weighted by molar-refractivity contribution is 0.101. The molecule has 0 radical (unpaired) electrons. The SMILES string of the molecule is [C-]#[N+]/C(=N/Nc1cccc(C(C)=O)c1)C(=O)c1cc(C(C)(C)C)on1. The molecule has 2 rings (SSSR count). The van der Waals surface area contributed by atoms with Crippen LogP contribution in [0.2, 0.25) is 0 Å². The summed E-state index contributed by atoms with van der Waals surface area (Å²) in [5.74, 6) is -0.555. The molecule has 0 aliphatic carbocycles. The normalized spacial score (nSPS) is 11.7. The third-order valence-electron chi connectivity index (χ3n) is 3.35. The van der Waals surface area contributed by atoms with E-state index in [1.807, 2.05) is 20.8 Å². The summed E-state index contributed by atoms with van der Waals surface area (Å²) in [5.41, 5.74) is 3.35. The Morgan fingerprint density at radius 1 is 1.28 bits per heavy atom. The van der Waals surface area contributed by atoms with Gasteiger partial charge in [-0.3, -0.25) is 9.59 Å². The van der Waals surface area contributed by atoms with Crippen LogP contribution in [-0.2, 0) is 5.41 Å². The molecule has 0 unspecified atom stereocenters. The number of aromatic nitrogens is 1. The Balaban J connectivity index is 2.21. The van der Waals surface area contributed by atoms with Crippen molar-refractivity contribution < 1.29 is 14.1 Å². The fourth-order valence-corrected chi connectivity index (χ4v) is 1.90. The smallest absolute Gasteiger partial charge is 0.343 e. The summed E-state index contributed by atoms with van der Waals surface area (Å²) >= 11 is 0. The molecular weight excluding hydrogens is 320 g/mol. The van der Waals surface area contributed by atoms with Gasteiger partial charge in [-0.2, -0.15) is 0 Å². The number of hydrogen-bond acceptors (Lipinski definition) is 6. The number of nitrogens with one attached hydrogen (secondary N) is 1. The number of amidine groups is 1. The number of rotatable bonds is 5. The first-order valence-electron chi connectivity index (χ1n) is 7.56. The lowest BCUT2D eigenvalue weighted by atomic mass is 9.93. The van der Waals surface area contributed by atoms with Gasteiger partial charge in [-0.15, -0.1) is 0 Å². The molecule has 0 aliphatic heterocycles. The van der Waals surface area contributed by atoms with Gasteiger partial charge in [-0.1, -0.05) is 44.6 Å². The molecule has 2 aromatic rings. The van der Waals surface area contributed by atoms with Gasteiger partial charge in [0, 0.05) is 17.0 Å². The summed E-state index contributed by atoms with van der Waals surface area (Å²) in [6.45, 7) is 14.4. The maximum atomic E-state index is 12.4. The minimum atomic E-state index is -0.635. The molecule has 7 nitrogen and oxygen atoms in total. The lowest BCUT2D eigenvalue weighted by Gasteiger charge is -2.11. The third kappa shape index (κ3) is 4.38. The van der Waals surface area contributed by atoms with E-state index in [9.17, 15) is 9.59 Å². The molecule has 0 fully saturated rings. The van der Waals surface area contributed by atoms with Crippen molar-refractivity contribution in [2.45, 2.75) is 33.1 Å². The van der Waals surface area contributed by atoms with Crippen molar-refractivity contribution in [3.05, 3.63) is 58.8 Å². The fourth-order valence-electron chi connectivity index (χ4n) is 1.90. The third-order valence-corrected chi connectivity index (χ3v) is 3.35. The van der Waals surface area contributed by atoms with E-state index in [4.69, 9.17) is 11.1 Å². The highest BCUT2D eigenvalue weighted by Crippen LogP contribution is 2.23. The minimum Gasteiger partial charge on any atom is -0.360 e. The maximum absolute atomic E-state index is 12.4. The second-order valence-corrected chi connectivity index (χ2v) is 6.45. The molecule has 1 aromatic carbocycles. The van der Waals surface area contributed by atoms with Crippen LogP contribution in [0.4, 0.5) is 5.69 Å². The average Bonchev–Trinajstić information content (AvgIpc) is 3.05. The molecule has 0 spiro atoms. The van der Waals surface area contributed by atoms with Crippen LogP contribution in [0.3, 0.4) is 0 Å². The molecule has 0 saturated carbocycles. The maximum Gasteiger partial charge on any atom is 0.343 e. The van der Waals surface area contributed by atoms with E-state index in [0.29, 0.717) is 17.0 Å². The van der Waals surface area contributed by atoms with Gasteiger partial charge in [0.05, 0.1) is 5.69 Å². The van der Waals surface area contributed by atoms with E-state index >= 15 is 0 Å². The predicted molar refractivity (Wildman–Crippen MR) is 93.6 cm³/mol. The summed E-state index contributed by atoms with van der Waals surface area (Å²) < 4.78 is 5.16. The Labute approximate surface area is 145 Å². The van der Waals surface area contributed by atoms with Crippen molar-refractivity contribution >= 4 is 23.1 Å². The first kappa shape index (κ1) is 18.1. The van der Waals surface area contributed by atoms with Gasteiger partial charge >= 0.3 is 5.84 Å². The first-order valence-corrected chi connectivity index (χ1v) is 7.56. The molecule has 0 saturated heterocycles. The number of ketones is 2. The zero-order valence-corrected chi connectivity index (χ0v) is 14.5. The largest absolute Gasteiger partial charge is 0.360 e. The Kier molecular flexibility index (Phi) is 5.13. The number of carbonyl (C=O) groups is 2. The van der Waals surface area contributed by atoms with E-state index in [2.05, 4.69) is 20.5 Å². The number of carbonyl (C=O) groups excluding carboxylic acids is 2. The molecule has 0 atom stereocenters. The fraction of sp³-hybridized carbons (Fsp3) is 0.278. The van der Waals surface area contributed by atoms with Crippen LogP contribution in [0.15, 0.2) is 40.0 Å². The summed E-state index contributed by atoms with van der Waals surface area (Å²) in [4.78, 5) is 26.9. The Hall–Kier alpha value is -3.27. The topological polar surface area (TPSA) is 88.9 Å². The van der Waals surface area contributed by atoms with Crippen LogP contribution >= 0.6 is 0 Å². The van der Waals surface area contributed by atoms with Crippen molar-refractivity contribution in [2.24, 2.45) is 5.10 Å². The molecule has 7 heteroatoms. The summed E-state index contributed by atoms with van der Waals surface area (Å²) in [6, 6.07) is 8.13. The van der Waals surface area contributed by atoms with Crippen LogP contribution < -0.4 is 5.43 Å². The van der Waals surface area contributed by atoms with Gasteiger partial charge in [-0.25, -0.2) is 5.43 Å². The van der Waals surface area contributed by atoms with Crippen molar-refractivity contribution in [2.75, 3.05) is 5.43 Å². The van der Waals surface area contributed by atoms with Gasteiger partial charge < -0.3 is 9.37 Å². The second kappa shape index (κ2) is 7.09. The standard InChI is InChI=1S/C18H18N4O3/c1-11(23)12-7-6-8-13(9-12)20-21-17(19-5)16(24)14-10-15(25-22-14)18(2,3)4/h6-10,20H,1-4H3/b21-17+. The van der Waals surface area contributed by atoms with Gasteiger partial charge in [0.2, 0.25) is 5.78 Å². The Bertz CT molecular complexity index is 882. The summed E-state index contributed by atoms with van der Waals surface area (Å²) in [6.07, 6.45) is 0. The highest BCUT2D eigenvalue weighted by atomic mass is 16.5. The molecule has 0 bridgehead atoms. The molecule has 1 N–H and O–H groups in total. The van der Waals surface area contributed by atoms with E-state index in [1.165, 1.54) is 13.0 Å². The van der Waals surface area contributed by atoms with E-state index in [-0.39, 0.29) is 22.7 Å². The van der Waals surface area contributed by atoms with Gasteiger partial charge in [-0.05, 0) is 24.2 Å². The van der Waals surface area contributed by atoms with Crippen molar-refractivity contribution in [1.82, 2.24) is 5.16 Å². The minimum absolute atomic E-state index is 0.0268. The van der Waals surface area contributed by atoms with E-state index in [1.54, 1.807) is 24.3 Å². The highest BCUT2D eigenvalue weighted by Gasteiger charge is 2.24. The molecule has 128 valence electrons. The second-order valence-electron chi connectivity index (χ2n) is 6.45. The zero-order valence-electron chi connectivity index (χ0n) is 14.5. The van der Waals surface area contributed by atoms with Crippen LogP contribution in [0.5, 0.6) is 0 Å². The molecule has 0 amide bonds. The zero-order chi connectivity index (χ0) is 18.6. The average molecular weight is 338 g/mol. The van der Waals surface area contributed by atoms with Crippen LogP contribution in [-0.4, -0.2) is 22.6 Å². The molecular formula is C18H18N4O3. The number of hydrazone groups is 1. The number of anilines is 1. The van der Waals surface area contributed by atoms with Gasteiger partial charge in [0.1, 0.15) is 11.5 Å². The molecule has 0 aliphatic rings. The molecule has 25 heavy (non-hydrogen) atoms. The van der Waals surface area contributed by atoms with Crippen molar-refractivity contribution in [3.63, 3.8) is 0 Å². The first-order chi connectivity index (χ1) is 11.7. The summed E-state index contributed by atoms with van der Waals surface area (Å²) in [7, 11) is 0. The lowest BCUT2D eigenvalue weighted by Crippen LogP contribution is -2.13. The van der Waals surface area contributed by atoms with Crippen LogP contribution in [0, 0.1) is 6.57 Å².